The SMILES string of the molecule is CCN(Cc1cnn(C)c1)C(=O)C1CCCN1. The summed E-state index contributed by atoms with van der Waals surface area (Å²) in [5.41, 5.74) is 1.08. The molecular formula is C12H20N4O. The van der Waals surface area contributed by atoms with E-state index in [-0.39, 0.29) is 11.9 Å². The molecule has 1 aromatic rings. The van der Waals surface area contributed by atoms with E-state index >= 15 is 0 Å². The zero-order valence-electron chi connectivity index (χ0n) is 10.5. The average Bonchev–Trinajstić information content (AvgIpc) is 2.96. The Bertz CT molecular complexity index is 382. The molecule has 0 aliphatic carbocycles. The van der Waals surface area contributed by atoms with Crippen LogP contribution in [0.1, 0.15) is 25.3 Å². The highest BCUT2D eigenvalue weighted by atomic mass is 16.2. The first-order valence-electron chi connectivity index (χ1n) is 6.20. The van der Waals surface area contributed by atoms with E-state index in [2.05, 4.69) is 10.4 Å². The van der Waals surface area contributed by atoms with E-state index in [0.717, 1.165) is 31.5 Å². The molecule has 0 bridgehead atoms. The molecule has 0 aromatic carbocycles. The lowest BCUT2D eigenvalue weighted by molar-refractivity contribution is -0.133. The number of carbonyl (C=O) groups excluding carboxylic acids is 1. The van der Waals surface area contributed by atoms with Gasteiger partial charge in [0.15, 0.2) is 0 Å². The largest absolute Gasteiger partial charge is 0.337 e. The number of aryl methyl sites for hydroxylation is 1. The second kappa shape index (κ2) is 5.31. The number of rotatable bonds is 4. The first kappa shape index (κ1) is 12.1. The van der Waals surface area contributed by atoms with Crippen molar-refractivity contribution >= 4 is 5.91 Å². The van der Waals surface area contributed by atoms with E-state index in [1.165, 1.54) is 0 Å². The van der Waals surface area contributed by atoms with Gasteiger partial charge in [0, 0.05) is 31.9 Å². The van der Waals surface area contributed by atoms with Crippen LogP contribution in [0.4, 0.5) is 0 Å². The predicted octanol–water partition coefficient (Wildman–Crippen LogP) is 0.521. The van der Waals surface area contributed by atoms with Gasteiger partial charge in [-0.3, -0.25) is 9.48 Å². The first-order chi connectivity index (χ1) is 8.20. The summed E-state index contributed by atoms with van der Waals surface area (Å²) in [6.07, 6.45) is 5.83. The number of carbonyl (C=O) groups is 1. The Morgan fingerprint density at radius 3 is 3.06 bits per heavy atom. The van der Waals surface area contributed by atoms with Crippen LogP contribution < -0.4 is 5.32 Å². The van der Waals surface area contributed by atoms with Crippen LogP contribution in [-0.2, 0) is 18.4 Å². The van der Waals surface area contributed by atoms with Gasteiger partial charge in [-0.2, -0.15) is 5.10 Å². The summed E-state index contributed by atoms with van der Waals surface area (Å²) >= 11 is 0. The Morgan fingerprint density at radius 1 is 1.71 bits per heavy atom. The molecule has 1 aliphatic rings. The molecule has 2 rings (SSSR count). The smallest absolute Gasteiger partial charge is 0.239 e. The van der Waals surface area contributed by atoms with Gasteiger partial charge in [-0.25, -0.2) is 0 Å². The first-order valence-corrected chi connectivity index (χ1v) is 6.20. The van der Waals surface area contributed by atoms with Crippen molar-refractivity contribution in [2.45, 2.75) is 32.4 Å². The summed E-state index contributed by atoms with van der Waals surface area (Å²) < 4.78 is 1.77. The average molecular weight is 236 g/mol. The van der Waals surface area contributed by atoms with Crippen molar-refractivity contribution in [1.82, 2.24) is 20.0 Å². The lowest BCUT2D eigenvalue weighted by Gasteiger charge is -2.23. The summed E-state index contributed by atoms with van der Waals surface area (Å²) in [5.74, 6) is 0.217. The van der Waals surface area contributed by atoms with Crippen molar-refractivity contribution in [3.8, 4) is 0 Å². The quantitative estimate of drug-likeness (QED) is 0.829. The number of nitrogens with one attached hydrogen (secondary N) is 1. The molecule has 1 aromatic heterocycles. The maximum atomic E-state index is 12.2. The number of hydrogen-bond donors (Lipinski definition) is 1. The van der Waals surface area contributed by atoms with Crippen LogP contribution in [-0.4, -0.2) is 39.7 Å². The van der Waals surface area contributed by atoms with Gasteiger partial charge in [0.25, 0.3) is 0 Å². The third-order valence-electron chi connectivity index (χ3n) is 3.18. The minimum Gasteiger partial charge on any atom is -0.337 e. The topological polar surface area (TPSA) is 50.2 Å². The van der Waals surface area contributed by atoms with E-state index in [1.54, 1.807) is 4.68 Å². The molecule has 5 heteroatoms. The van der Waals surface area contributed by atoms with Crippen LogP contribution in [0.5, 0.6) is 0 Å². The summed E-state index contributed by atoms with van der Waals surface area (Å²) in [6, 6.07) is 0.0200. The van der Waals surface area contributed by atoms with Gasteiger partial charge in [0.05, 0.1) is 12.2 Å². The molecule has 5 nitrogen and oxygen atoms in total. The number of hydrogen-bond acceptors (Lipinski definition) is 3. The standard InChI is InChI=1S/C12H20N4O/c1-3-16(9-10-7-14-15(2)8-10)12(17)11-5-4-6-13-11/h7-8,11,13H,3-6,9H2,1-2H3. The summed E-state index contributed by atoms with van der Waals surface area (Å²) in [6.45, 7) is 4.37. The summed E-state index contributed by atoms with van der Waals surface area (Å²) in [4.78, 5) is 14.1. The fourth-order valence-corrected chi connectivity index (χ4v) is 2.24. The highest BCUT2D eigenvalue weighted by Crippen LogP contribution is 2.11. The monoisotopic (exact) mass is 236 g/mol. The number of nitrogens with zero attached hydrogens (tertiary/aromatic N) is 3. The van der Waals surface area contributed by atoms with Gasteiger partial charge in [-0.05, 0) is 26.3 Å². The number of aromatic nitrogens is 2. The van der Waals surface area contributed by atoms with Crippen molar-refractivity contribution < 1.29 is 4.79 Å². The van der Waals surface area contributed by atoms with Crippen molar-refractivity contribution in [3.05, 3.63) is 18.0 Å². The Balaban J connectivity index is 1.98. The van der Waals surface area contributed by atoms with Crippen LogP contribution in [0.3, 0.4) is 0 Å². The highest BCUT2D eigenvalue weighted by molar-refractivity contribution is 5.82. The van der Waals surface area contributed by atoms with E-state index < -0.39 is 0 Å². The number of amides is 1. The molecule has 94 valence electrons. The van der Waals surface area contributed by atoms with Gasteiger partial charge in [-0.1, -0.05) is 0 Å². The third-order valence-corrected chi connectivity index (χ3v) is 3.18. The molecule has 0 spiro atoms. The van der Waals surface area contributed by atoms with Gasteiger partial charge in [-0.15, -0.1) is 0 Å². The van der Waals surface area contributed by atoms with Crippen LogP contribution in [0.2, 0.25) is 0 Å². The van der Waals surface area contributed by atoms with E-state index in [9.17, 15) is 4.79 Å². The molecule has 1 N–H and O–H groups in total. The maximum absolute atomic E-state index is 12.2. The van der Waals surface area contributed by atoms with Crippen LogP contribution >= 0.6 is 0 Å². The predicted molar refractivity (Wildman–Crippen MR) is 65.3 cm³/mol. The van der Waals surface area contributed by atoms with Gasteiger partial charge in [0.2, 0.25) is 5.91 Å². The molecule has 1 fully saturated rings. The van der Waals surface area contributed by atoms with Gasteiger partial charge in [0.1, 0.15) is 0 Å². The van der Waals surface area contributed by atoms with Crippen LogP contribution in [0, 0.1) is 0 Å². The highest BCUT2D eigenvalue weighted by Gasteiger charge is 2.26. The minimum absolute atomic E-state index is 0.0200. The zero-order chi connectivity index (χ0) is 12.3. The minimum atomic E-state index is 0.0200. The maximum Gasteiger partial charge on any atom is 0.239 e. The number of likely N-dealkylation sites (N-methyl/N-ethyl adjacent to an activating group) is 1. The van der Waals surface area contributed by atoms with Crippen molar-refractivity contribution in [2.75, 3.05) is 13.1 Å². The molecule has 1 amide bonds. The lowest BCUT2D eigenvalue weighted by Crippen LogP contribution is -2.43. The second-order valence-corrected chi connectivity index (χ2v) is 4.52. The van der Waals surface area contributed by atoms with Crippen molar-refractivity contribution in [3.63, 3.8) is 0 Å². The molecule has 17 heavy (non-hydrogen) atoms. The van der Waals surface area contributed by atoms with Gasteiger partial charge >= 0.3 is 0 Å². The molecule has 0 radical (unpaired) electrons. The van der Waals surface area contributed by atoms with Gasteiger partial charge < -0.3 is 10.2 Å². The molecule has 1 unspecified atom stereocenters. The van der Waals surface area contributed by atoms with Crippen molar-refractivity contribution in [1.29, 1.82) is 0 Å². The molecule has 0 saturated carbocycles. The fraction of sp³-hybridized carbons (Fsp3) is 0.667. The van der Waals surface area contributed by atoms with Crippen LogP contribution in [0.25, 0.3) is 0 Å². The van der Waals surface area contributed by atoms with Crippen molar-refractivity contribution in [2.24, 2.45) is 7.05 Å². The zero-order valence-corrected chi connectivity index (χ0v) is 10.5. The Kier molecular flexibility index (Phi) is 3.78. The van der Waals surface area contributed by atoms with Crippen LogP contribution in [0.15, 0.2) is 12.4 Å². The third kappa shape index (κ3) is 2.85. The van der Waals surface area contributed by atoms with E-state index in [1.807, 2.05) is 31.3 Å². The summed E-state index contributed by atoms with van der Waals surface area (Å²) in [7, 11) is 1.89. The molecule has 1 atom stereocenters. The fourth-order valence-electron chi connectivity index (χ4n) is 2.24. The summed E-state index contributed by atoms with van der Waals surface area (Å²) in [5, 5.41) is 7.37. The second-order valence-electron chi connectivity index (χ2n) is 4.52. The Morgan fingerprint density at radius 2 is 2.53 bits per heavy atom. The normalized spacial score (nSPS) is 19.5. The molecule has 1 saturated heterocycles. The van der Waals surface area contributed by atoms with E-state index in [4.69, 9.17) is 0 Å². The Labute approximate surface area is 102 Å². The lowest BCUT2D eigenvalue weighted by atomic mass is 10.2. The molecule has 1 aliphatic heterocycles. The molecular weight excluding hydrogens is 216 g/mol. The van der Waals surface area contributed by atoms with E-state index in [0.29, 0.717) is 6.54 Å². The Hall–Kier alpha value is -1.36. The molecule has 2 heterocycles.